The van der Waals surface area contributed by atoms with Gasteiger partial charge in [0.1, 0.15) is 12.6 Å². The topological polar surface area (TPSA) is 73.9 Å². The molecular weight excluding hydrogens is 250 g/mol. The molecule has 0 aliphatic carbocycles. The van der Waals surface area contributed by atoms with Crippen LogP contribution in [0.15, 0.2) is 0 Å². The van der Waals surface area contributed by atoms with Crippen molar-refractivity contribution in [2.45, 2.75) is 33.2 Å². The van der Waals surface area contributed by atoms with E-state index >= 15 is 0 Å². The molecule has 0 bridgehead atoms. The molecule has 112 valence electrons. The molecule has 0 rings (SSSR count). The smallest absolute Gasteiger partial charge is 0.332 e. The molecule has 0 aromatic rings. The minimum absolute atomic E-state index is 0.0669. The van der Waals surface area contributed by atoms with Crippen LogP contribution in [0.2, 0.25) is 0 Å². The first-order chi connectivity index (χ1) is 9.01. The van der Waals surface area contributed by atoms with Gasteiger partial charge in [-0.2, -0.15) is 0 Å². The second-order valence-electron chi connectivity index (χ2n) is 4.52. The number of esters is 2. The van der Waals surface area contributed by atoms with Crippen molar-refractivity contribution < 1.29 is 23.8 Å². The van der Waals surface area contributed by atoms with E-state index in [4.69, 9.17) is 14.2 Å². The molecule has 1 unspecified atom stereocenters. The molecule has 0 heterocycles. The number of methoxy groups -OCH3 is 1. The van der Waals surface area contributed by atoms with E-state index in [0.717, 1.165) is 0 Å². The first kappa shape index (κ1) is 17.9. The van der Waals surface area contributed by atoms with Crippen molar-refractivity contribution in [3.05, 3.63) is 0 Å². The van der Waals surface area contributed by atoms with Crippen LogP contribution in [0.25, 0.3) is 0 Å². The Hall–Kier alpha value is -1.14. The largest absolute Gasteiger partial charge is 0.468 e. The van der Waals surface area contributed by atoms with Gasteiger partial charge in [-0.3, -0.25) is 4.79 Å². The van der Waals surface area contributed by atoms with Crippen molar-refractivity contribution in [3.8, 4) is 0 Å². The van der Waals surface area contributed by atoms with Gasteiger partial charge in [-0.05, 0) is 19.3 Å². The van der Waals surface area contributed by atoms with Gasteiger partial charge < -0.3 is 19.5 Å². The van der Waals surface area contributed by atoms with Gasteiger partial charge in [0.25, 0.3) is 0 Å². The van der Waals surface area contributed by atoms with Crippen molar-refractivity contribution in [3.63, 3.8) is 0 Å². The monoisotopic (exact) mass is 275 g/mol. The van der Waals surface area contributed by atoms with E-state index in [0.29, 0.717) is 32.1 Å². The van der Waals surface area contributed by atoms with Gasteiger partial charge in [0.05, 0.1) is 20.3 Å². The summed E-state index contributed by atoms with van der Waals surface area (Å²) in [6.07, 6.45) is 0.699. The number of carbonyl (C=O) groups excluding carboxylic acids is 2. The lowest BCUT2D eigenvalue weighted by Crippen LogP contribution is -2.40. The second kappa shape index (κ2) is 10.8. The fourth-order valence-corrected chi connectivity index (χ4v) is 1.54. The third kappa shape index (κ3) is 9.44. The van der Waals surface area contributed by atoms with Crippen LogP contribution in [0.1, 0.15) is 27.2 Å². The summed E-state index contributed by atoms with van der Waals surface area (Å²) in [5.41, 5.74) is 0. The maximum atomic E-state index is 11.5. The van der Waals surface area contributed by atoms with Gasteiger partial charge >= 0.3 is 11.9 Å². The number of hydrogen-bond donors (Lipinski definition) is 1. The minimum atomic E-state index is -0.380. The van der Waals surface area contributed by atoms with E-state index in [2.05, 4.69) is 5.32 Å². The van der Waals surface area contributed by atoms with Gasteiger partial charge in [-0.15, -0.1) is 0 Å². The lowest BCUT2D eigenvalue weighted by Gasteiger charge is -2.18. The molecule has 19 heavy (non-hydrogen) atoms. The van der Waals surface area contributed by atoms with E-state index in [9.17, 15) is 9.59 Å². The van der Waals surface area contributed by atoms with Gasteiger partial charge in [0, 0.05) is 6.54 Å². The summed E-state index contributed by atoms with van der Waals surface area (Å²) in [5, 5.41) is 3.06. The Balaban J connectivity index is 3.80. The molecule has 1 N–H and O–H groups in total. The Bertz CT molecular complexity index is 268. The van der Waals surface area contributed by atoms with Crippen molar-refractivity contribution in [2.75, 3.05) is 33.5 Å². The molecule has 0 saturated heterocycles. The number of carbonyl (C=O) groups is 2. The molecule has 0 amide bonds. The van der Waals surface area contributed by atoms with Crippen molar-refractivity contribution in [2.24, 2.45) is 5.92 Å². The zero-order valence-corrected chi connectivity index (χ0v) is 12.2. The van der Waals surface area contributed by atoms with Crippen LogP contribution in [0.5, 0.6) is 0 Å². The molecule has 0 spiro atoms. The molecule has 0 aliphatic heterocycles. The van der Waals surface area contributed by atoms with Crippen LogP contribution in [-0.4, -0.2) is 51.5 Å². The highest BCUT2D eigenvalue weighted by Crippen LogP contribution is 2.05. The lowest BCUT2D eigenvalue weighted by molar-refractivity contribution is -0.148. The summed E-state index contributed by atoms with van der Waals surface area (Å²) in [7, 11) is 1.37. The van der Waals surface area contributed by atoms with E-state index in [1.54, 1.807) is 6.92 Å². The Morgan fingerprint density at radius 1 is 1.26 bits per heavy atom. The summed E-state index contributed by atoms with van der Waals surface area (Å²) in [6, 6.07) is -0.337. The van der Waals surface area contributed by atoms with Crippen molar-refractivity contribution >= 4 is 11.9 Å². The first-order valence-electron chi connectivity index (χ1n) is 6.55. The van der Waals surface area contributed by atoms with Crippen LogP contribution in [0.4, 0.5) is 0 Å². The van der Waals surface area contributed by atoms with Gasteiger partial charge in [0.15, 0.2) is 0 Å². The highest BCUT2D eigenvalue weighted by atomic mass is 16.6. The number of rotatable bonds is 10. The molecule has 0 aromatic carbocycles. The Kier molecular flexibility index (Phi) is 10.1. The Morgan fingerprint density at radius 3 is 2.47 bits per heavy atom. The molecule has 6 heteroatoms. The quantitative estimate of drug-likeness (QED) is 0.468. The molecule has 0 radical (unpaired) electrons. The Labute approximate surface area is 114 Å². The summed E-state index contributed by atoms with van der Waals surface area (Å²) in [4.78, 5) is 22.5. The maximum absolute atomic E-state index is 11.5. The molecule has 0 aliphatic rings. The van der Waals surface area contributed by atoms with Crippen LogP contribution in [0, 0.1) is 5.92 Å². The predicted octanol–water partition coefficient (Wildman–Crippen LogP) is 0.743. The molecular formula is C13H25NO5. The number of ether oxygens (including phenoxy) is 3. The van der Waals surface area contributed by atoms with Crippen molar-refractivity contribution in [1.29, 1.82) is 0 Å². The zero-order valence-electron chi connectivity index (χ0n) is 12.2. The van der Waals surface area contributed by atoms with E-state index in [1.165, 1.54) is 7.11 Å². The van der Waals surface area contributed by atoms with Crippen LogP contribution < -0.4 is 5.32 Å². The fraction of sp³-hybridized carbons (Fsp3) is 0.846. The van der Waals surface area contributed by atoms with Gasteiger partial charge in [-0.25, -0.2) is 4.79 Å². The highest BCUT2D eigenvalue weighted by molar-refractivity contribution is 5.75. The van der Waals surface area contributed by atoms with Crippen LogP contribution >= 0.6 is 0 Å². The van der Waals surface area contributed by atoms with E-state index in [1.807, 2.05) is 13.8 Å². The molecule has 0 saturated carbocycles. The average molecular weight is 275 g/mol. The average Bonchev–Trinajstić information content (AvgIpc) is 2.36. The van der Waals surface area contributed by atoms with Gasteiger partial charge in [-0.1, -0.05) is 13.8 Å². The number of nitrogens with one attached hydrogen (secondary N) is 1. The van der Waals surface area contributed by atoms with Crippen molar-refractivity contribution in [1.82, 2.24) is 5.32 Å². The lowest BCUT2D eigenvalue weighted by atomic mass is 10.0. The molecule has 6 nitrogen and oxygen atoms in total. The summed E-state index contributed by atoms with van der Waals surface area (Å²) in [6.45, 7) is 6.91. The normalized spacial score (nSPS) is 12.3. The molecule has 0 fully saturated rings. The Morgan fingerprint density at radius 2 is 1.95 bits per heavy atom. The van der Waals surface area contributed by atoms with Gasteiger partial charge in [0.2, 0.25) is 0 Å². The summed E-state index contributed by atoms with van der Waals surface area (Å²) in [5.74, 6) is -0.273. The minimum Gasteiger partial charge on any atom is -0.468 e. The zero-order chi connectivity index (χ0) is 14.7. The standard InChI is InChI=1S/C13H25NO5/c1-5-19-12(15)9-18-7-6-14-11(8-10(2)3)13(16)17-4/h10-11,14H,5-9H2,1-4H3. The van der Waals surface area contributed by atoms with E-state index < -0.39 is 0 Å². The van der Waals surface area contributed by atoms with Crippen LogP contribution in [-0.2, 0) is 23.8 Å². The number of hydrogen-bond acceptors (Lipinski definition) is 6. The molecule has 0 aromatic heterocycles. The predicted molar refractivity (Wildman–Crippen MR) is 70.7 cm³/mol. The SMILES string of the molecule is CCOC(=O)COCCNC(CC(C)C)C(=O)OC. The first-order valence-corrected chi connectivity index (χ1v) is 6.55. The third-order valence-electron chi connectivity index (χ3n) is 2.36. The maximum Gasteiger partial charge on any atom is 0.332 e. The third-order valence-corrected chi connectivity index (χ3v) is 2.36. The second-order valence-corrected chi connectivity index (χ2v) is 4.52. The van der Waals surface area contributed by atoms with Crippen LogP contribution in [0.3, 0.4) is 0 Å². The molecule has 1 atom stereocenters. The highest BCUT2D eigenvalue weighted by Gasteiger charge is 2.19. The fourth-order valence-electron chi connectivity index (χ4n) is 1.54. The van der Waals surface area contributed by atoms with E-state index in [-0.39, 0.29) is 24.6 Å². The summed E-state index contributed by atoms with van der Waals surface area (Å²) < 4.78 is 14.6. The summed E-state index contributed by atoms with van der Waals surface area (Å²) >= 11 is 0.